The van der Waals surface area contributed by atoms with Crippen LogP contribution in [0.3, 0.4) is 0 Å². The second-order valence-electron chi connectivity index (χ2n) is 10.8. The largest absolute Gasteiger partial charge is 0.310 e. The van der Waals surface area contributed by atoms with Crippen molar-refractivity contribution in [3.8, 4) is 0 Å². The summed E-state index contributed by atoms with van der Waals surface area (Å²) in [5.74, 6) is 0.830. The molecule has 2 aliphatic rings. The summed E-state index contributed by atoms with van der Waals surface area (Å²) in [6.45, 7) is 27.6. The minimum Gasteiger partial charge on any atom is -0.310 e. The van der Waals surface area contributed by atoms with Crippen molar-refractivity contribution in [1.29, 1.82) is 0 Å². The number of anilines is 1. The average Bonchev–Trinajstić information content (AvgIpc) is 3.68. The first-order valence-electron chi connectivity index (χ1n) is 16.6. The molecule has 0 saturated carbocycles. The van der Waals surface area contributed by atoms with E-state index in [4.69, 9.17) is 0 Å². The zero-order valence-electron chi connectivity index (χ0n) is 30.1. The number of fused-ring (bicyclic) bond motifs is 1. The van der Waals surface area contributed by atoms with Gasteiger partial charge in [0.25, 0.3) is 0 Å². The molecule has 0 amide bonds. The summed E-state index contributed by atoms with van der Waals surface area (Å²) >= 11 is 0. The fourth-order valence-corrected chi connectivity index (χ4v) is 5.34. The molecule has 2 N–H and O–H groups in total. The van der Waals surface area contributed by atoms with Crippen LogP contribution < -0.4 is 10.2 Å². The molecule has 1 fully saturated rings. The SMILES string of the molecule is C=C1N(/C(C)=C2/C(=NC)CCN[C@H]2C)C=CN1c1ccc2[nH]ncc2c1.CC.CC.CCCCC.Cc1cc(C)c(F)c(C)c1. The molecule has 45 heavy (non-hydrogen) atoms. The average molecular weight is 619 g/mol. The van der Waals surface area contributed by atoms with Crippen LogP contribution in [0.25, 0.3) is 10.9 Å². The highest BCUT2D eigenvalue weighted by Gasteiger charge is 2.27. The van der Waals surface area contributed by atoms with Gasteiger partial charge in [-0.15, -0.1) is 0 Å². The highest BCUT2D eigenvalue weighted by molar-refractivity contribution is 6.02. The smallest absolute Gasteiger partial charge is 0.129 e. The first-order valence-corrected chi connectivity index (χ1v) is 16.6. The number of aryl methyl sites for hydroxylation is 3. The van der Waals surface area contributed by atoms with Crippen molar-refractivity contribution in [3.63, 3.8) is 0 Å². The maximum absolute atomic E-state index is 12.9. The van der Waals surface area contributed by atoms with Crippen molar-refractivity contribution in [2.24, 2.45) is 4.99 Å². The fraction of sp³-hybridized carbons (Fsp3) is 0.474. The third-order valence-electron chi connectivity index (χ3n) is 7.49. The molecule has 1 aromatic heterocycles. The van der Waals surface area contributed by atoms with Crippen LogP contribution in [0.15, 0.2) is 77.6 Å². The molecule has 6 nitrogen and oxygen atoms in total. The van der Waals surface area contributed by atoms with Gasteiger partial charge >= 0.3 is 0 Å². The van der Waals surface area contributed by atoms with Gasteiger partial charge in [0.1, 0.15) is 11.6 Å². The molecule has 0 spiro atoms. The Morgan fingerprint density at radius 3 is 2.20 bits per heavy atom. The van der Waals surface area contributed by atoms with E-state index < -0.39 is 0 Å². The maximum atomic E-state index is 12.9. The minimum absolute atomic E-state index is 0.0781. The van der Waals surface area contributed by atoms with E-state index in [0.29, 0.717) is 0 Å². The standard InChI is InChI=1S/C20H24N6.C9H11F.C5H12.2C2H6/c1-13-20(19(21-4)7-8-22-13)14(2)25-9-10-26(15(25)3)17-5-6-18-16(11-17)12-23-24-18;1-6-4-7(2)9(10)8(3)5-6;1-3-5-4-2;2*1-2/h5-6,9-13,22H,3,7-8H2,1-2,4H3,(H,23,24);4-5H,1-3H3;3-5H2,1-2H3;2*1-2H3/b20-14+,21-19?;;;;/t13-;;;;/m0..../s1. The lowest BCUT2D eigenvalue weighted by Gasteiger charge is -2.31. The van der Waals surface area contributed by atoms with E-state index in [9.17, 15) is 4.39 Å². The summed E-state index contributed by atoms with van der Waals surface area (Å²) in [6.07, 6.45) is 11.0. The predicted octanol–water partition coefficient (Wildman–Crippen LogP) is 10.4. The molecule has 2 aromatic carbocycles. The van der Waals surface area contributed by atoms with E-state index in [1.807, 2.05) is 66.1 Å². The van der Waals surface area contributed by atoms with Gasteiger partial charge in [-0.25, -0.2) is 4.39 Å². The van der Waals surface area contributed by atoms with Crippen molar-refractivity contribution in [2.75, 3.05) is 18.5 Å². The van der Waals surface area contributed by atoms with Crippen molar-refractivity contribution in [2.45, 2.75) is 108 Å². The maximum Gasteiger partial charge on any atom is 0.129 e. The van der Waals surface area contributed by atoms with Crippen molar-refractivity contribution in [3.05, 3.63) is 95.1 Å². The van der Waals surface area contributed by atoms with Crippen LogP contribution in [-0.2, 0) is 0 Å². The molecule has 0 aliphatic carbocycles. The zero-order chi connectivity index (χ0) is 34.1. The summed E-state index contributed by atoms with van der Waals surface area (Å²) in [4.78, 5) is 8.76. The van der Waals surface area contributed by atoms with Crippen LogP contribution in [0.5, 0.6) is 0 Å². The number of unbranched alkanes of at least 4 members (excludes halogenated alkanes) is 2. The number of benzene rings is 2. The van der Waals surface area contributed by atoms with E-state index in [0.717, 1.165) is 52.1 Å². The molecular weight excluding hydrogens is 559 g/mol. The van der Waals surface area contributed by atoms with Crippen LogP contribution in [0.2, 0.25) is 0 Å². The Bertz CT molecular complexity index is 1410. The van der Waals surface area contributed by atoms with E-state index in [2.05, 4.69) is 89.1 Å². The van der Waals surface area contributed by atoms with Gasteiger partial charge in [-0.3, -0.25) is 10.1 Å². The predicted molar refractivity (Wildman–Crippen MR) is 195 cm³/mol. The van der Waals surface area contributed by atoms with Gasteiger partial charge < -0.3 is 15.1 Å². The molecule has 248 valence electrons. The second kappa shape index (κ2) is 20.3. The van der Waals surface area contributed by atoms with Crippen LogP contribution in [0.1, 0.15) is 97.8 Å². The van der Waals surface area contributed by atoms with Crippen LogP contribution in [0.4, 0.5) is 10.1 Å². The number of nitrogens with one attached hydrogen (secondary N) is 2. The van der Waals surface area contributed by atoms with Gasteiger partial charge in [0.2, 0.25) is 0 Å². The number of aromatic nitrogens is 2. The monoisotopic (exact) mass is 618 g/mol. The Hall–Kier alpha value is -3.71. The number of piperidine rings is 1. The molecule has 1 atom stereocenters. The first-order chi connectivity index (χ1) is 21.6. The lowest BCUT2D eigenvalue weighted by molar-refractivity contribution is 0.547. The third kappa shape index (κ3) is 10.7. The van der Waals surface area contributed by atoms with Crippen molar-refractivity contribution < 1.29 is 4.39 Å². The van der Waals surface area contributed by atoms with Crippen molar-refractivity contribution in [1.82, 2.24) is 20.4 Å². The first kappa shape index (κ1) is 39.3. The Labute approximate surface area is 273 Å². The number of H-pyrrole nitrogens is 1. The number of aromatic amines is 1. The molecule has 7 heteroatoms. The third-order valence-corrected chi connectivity index (χ3v) is 7.49. The Kier molecular flexibility index (Phi) is 17.8. The van der Waals surface area contributed by atoms with E-state index in [-0.39, 0.29) is 11.9 Å². The number of hydrogen-bond donors (Lipinski definition) is 2. The molecule has 0 bridgehead atoms. The summed E-state index contributed by atoms with van der Waals surface area (Å²) in [7, 11) is 1.88. The number of rotatable bonds is 4. The lowest BCUT2D eigenvalue weighted by atomic mass is 9.94. The van der Waals surface area contributed by atoms with E-state index >= 15 is 0 Å². The molecule has 2 aliphatic heterocycles. The normalized spacial score (nSPS) is 17.4. The van der Waals surface area contributed by atoms with Gasteiger partial charge in [0.15, 0.2) is 0 Å². The van der Waals surface area contributed by atoms with Gasteiger partial charge in [0, 0.05) is 66.5 Å². The summed E-state index contributed by atoms with van der Waals surface area (Å²) in [5.41, 5.74) is 8.29. The van der Waals surface area contributed by atoms with E-state index in [1.54, 1.807) is 13.8 Å². The van der Waals surface area contributed by atoms with Crippen LogP contribution in [0, 0.1) is 26.6 Å². The Balaban J connectivity index is 0.000000441. The fourth-order valence-electron chi connectivity index (χ4n) is 5.34. The minimum atomic E-state index is -0.0781. The number of hydrogen-bond acceptors (Lipinski definition) is 5. The molecule has 3 aromatic rings. The van der Waals surface area contributed by atoms with Crippen LogP contribution in [-0.4, -0.2) is 40.4 Å². The quantitative estimate of drug-likeness (QED) is 0.305. The topological polar surface area (TPSA) is 59.5 Å². The summed E-state index contributed by atoms with van der Waals surface area (Å²) < 4.78 is 12.9. The zero-order valence-corrected chi connectivity index (χ0v) is 30.1. The summed E-state index contributed by atoms with van der Waals surface area (Å²) in [6, 6.07) is 10.2. The number of aliphatic imine (C=N–C) groups is 1. The highest BCUT2D eigenvalue weighted by atomic mass is 19.1. The number of halogens is 1. The molecule has 3 heterocycles. The number of allylic oxidation sites excluding steroid dienone is 1. The van der Waals surface area contributed by atoms with Gasteiger partial charge in [-0.1, -0.05) is 85.1 Å². The second-order valence-corrected chi connectivity index (χ2v) is 10.8. The highest BCUT2D eigenvalue weighted by Crippen LogP contribution is 2.33. The van der Waals surface area contributed by atoms with E-state index in [1.165, 1.54) is 36.2 Å². The van der Waals surface area contributed by atoms with Gasteiger partial charge in [-0.2, -0.15) is 5.10 Å². The molecule has 0 radical (unpaired) electrons. The van der Waals surface area contributed by atoms with Gasteiger partial charge in [0.05, 0.1) is 11.7 Å². The van der Waals surface area contributed by atoms with Crippen LogP contribution >= 0.6 is 0 Å². The Morgan fingerprint density at radius 2 is 1.64 bits per heavy atom. The molecular formula is C38H59FN6. The molecule has 0 unspecified atom stereocenters. The van der Waals surface area contributed by atoms with Gasteiger partial charge in [-0.05, 0) is 63.9 Å². The lowest BCUT2D eigenvalue weighted by Crippen LogP contribution is -2.40. The number of nitrogens with zero attached hydrogens (tertiary/aromatic N) is 4. The molecule has 1 saturated heterocycles. The Morgan fingerprint density at radius 1 is 1.02 bits per heavy atom. The summed E-state index contributed by atoms with van der Waals surface area (Å²) in [5, 5.41) is 11.7. The van der Waals surface area contributed by atoms with Crippen molar-refractivity contribution >= 4 is 22.3 Å². The molecule has 5 rings (SSSR count).